The first-order chi connectivity index (χ1) is 10.4. The summed E-state index contributed by atoms with van der Waals surface area (Å²) in [7, 11) is 0. The van der Waals surface area contributed by atoms with Gasteiger partial charge in [0.15, 0.2) is 0 Å². The van der Waals surface area contributed by atoms with E-state index < -0.39 is 5.41 Å². The zero-order valence-electron chi connectivity index (χ0n) is 13.6. The van der Waals surface area contributed by atoms with Crippen molar-refractivity contribution in [1.29, 1.82) is 0 Å². The van der Waals surface area contributed by atoms with Gasteiger partial charge in [0, 0.05) is 18.2 Å². The molecule has 2 fully saturated rings. The Bertz CT molecular complexity index is 678. The molecule has 0 saturated heterocycles. The van der Waals surface area contributed by atoms with Crippen molar-refractivity contribution in [2.45, 2.75) is 52.5 Å². The molecule has 3 heteroatoms. The number of amides is 1. The lowest BCUT2D eigenvalue weighted by molar-refractivity contribution is -0.143. The lowest BCUT2D eigenvalue weighted by atomic mass is 9.67. The highest BCUT2D eigenvalue weighted by molar-refractivity contribution is 6.15. The van der Waals surface area contributed by atoms with Crippen LogP contribution in [0, 0.1) is 16.7 Å². The van der Waals surface area contributed by atoms with Crippen LogP contribution in [-0.2, 0) is 16.0 Å². The molecule has 1 heterocycles. The standard InChI is InChI=1S/C19H23NO2/c1-12-10-13-6-4-5-7-15(13)20(12)17(22)19-9-8-14(11-16(19)21)18(19,2)3/h4-7,12,14H,8-11H2,1-3H3. The summed E-state index contributed by atoms with van der Waals surface area (Å²) >= 11 is 0. The molecule has 2 saturated carbocycles. The average Bonchev–Trinajstić information content (AvgIpc) is 3.00. The summed E-state index contributed by atoms with van der Waals surface area (Å²) < 4.78 is 0. The van der Waals surface area contributed by atoms with Crippen LogP contribution in [0.3, 0.4) is 0 Å². The highest BCUT2D eigenvalue weighted by Crippen LogP contribution is 2.65. The topological polar surface area (TPSA) is 37.4 Å². The van der Waals surface area contributed by atoms with Gasteiger partial charge in [0.2, 0.25) is 5.91 Å². The highest BCUT2D eigenvalue weighted by Gasteiger charge is 2.69. The van der Waals surface area contributed by atoms with Gasteiger partial charge in [0.1, 0.15) is 11.2 Å². The maximum atomic E-state index is 13.5. The van der Waals surface area contributed by atoms with Gasteiger partial charge >= 0.3 is 0 Å². The van der Waals surface area contributed by atoms with Gasteiger partial charge in [-0.1, -0.05) is 32.0 Å². The van der Waals surface area contributed by atoms with E-state index in [1.807, 2.05) is 23.1 Å². The number of carbonyl (C=O) groups is 2. The zero-order valence-corrected chi connectivity index (χ0v) is 13.6. The Hall–Kier alpha value is -1.64. The molecular weight excluding hydrogens is 274 g/mol. The minimum Gasteiger partial charge on any atom is -0.308 e. The van der Waals surface area contributed by atoms with Gasteiger partial charge in [-0.2, -0.15) is 0 Å². The van der Waals surface area contributed by atoms with Crippen molar-refractivity contribution in [2.75, 3.05) is 4.90 Å². The third-order valence-corrected chi connectivity index (χ3v) is 6.69. The number of benzene rings is 1. The molecule has 3 atom stereocenters. The summed E-state index contributed by atoms with van der Waals surface area (Å²) in [5.74, 6) is 0.604. The smallest absolute Gasteiger partial charge is 0.241 e. The van der Waals surface area contributed by atoms with Crippen molar-refractivity contribution in [2.24, 2.45) is 16.7 Å². The van der Waals surface area contributed by atoms with Crippen LogP contribution in [0.5, 0.6) is 0 Å². The first-order valence-corrected chi connectivity index (χ1v) is 8.34. The van der Waals surface area contributed by atoms with Gasteiger partial charge in [0.25, 0.3) is 0 Å². The van der Waals surface area contributed by atoms with Crippen molar-refractivity contribution in [3.63, 3.8) is 0 Å². The van der Waals surface area contributed by atoms with Crippen LogP contribution in [0.2, 0.25) is 0 Å². The zero-order chi connectivity index (χ0) is 15.7. The number of Topliss-reactive ketones (excluding diaryl/α,β-unsaturated/α-hetero) is 1. The number of nitrogens with zero attached hydrogens (tertiary/aromatic N) is 1. The second kappa shape index (κ2) is 4.21. The molecular formula is C19H23NO2. The largest absolute Gasteiger partial charge is 0.308 e. The fourth-order valence-corrected chi connectivity index (χ4v) is 5.26. The van der Waals surface area contributed by atoms with Gasteiger partial charge in [0.05, 0.1) is 0 Å². The lowest BCUT2D eigenvalue weighted by Crippen LogP contribution is -2.53. The van der Waals surface area contributed by atoms with Gasteiger partial charge in [-0.15, -0.1) is 0 Å². The number of anilines is 1. The van der Waals surface area contributed by atoms with E-state index >= 15 is 0 Å². The fourth-order valence-electron chi connectivity index (χ4n) is 5.26. The highest BCUT2D eigenvalue weighted by atomic mass is 16.2. The summed E-state index contributed by atoms with van der Waals surface area (Å²) in [4.78, 5) is 28.2. The maximum absolute atomic E-state index is 13.5. The molecule has 1 aromatic carbocycles. The molecule has 0 spiro atoms. The Morgan fingerprint density at radius 1 is 1.23 bits per heavy atom. The van der Waals surface area contributed by atoms with Gasteiger partial charge in [-0.3, -0.25) is 9.59 Å². The van der Waals surface area contributed by atoms with Crippen molar-refractivity contribution in [3.8, 4) is 0 Å². The second-order valence-electron chi connectivity index (χ2n) is 7.85. The number of para-hydroxylation sites is 1. The van der Waals surface area contributed by atoms with Crippen LogP contribution in [0.25, 0.3) is 0 Å². The SMILES string of the molecule is CC1Cc2ccccc2N1C(=O)C12CCC(CC1=O)C2(C)C. The molecule has 0 radical (unpaired) electrons. The van der Waals surface area contributed by atoms with E-state index in [2.05, 4.69) is 26.8 Å². The first-order valence-electron chi connectivity index (χ1n) is 8.34. The second-order valence-corrected chi connectivity index (χ2v) is 7.85. The number of hydrogen-bond donors (Lipinski definition) is 0. The van der Waals surface area contributed by atoms with Gasteiger partial charge < -0.3 is 4.90 Å². The van der Waals surface area contributed by atoms with Crippen LogP contribution in [0.15, 0.2) is 24.3 Å². The monoisotopic (exact) mass is 297 g/mol. The molecule has 0 aromatic heterocycles. The number of fused-ring (bicyclic) bond motifs is 3. The average molecular weight is 297 g/mol. The molecule has 3 aliphatic rings. The maximum Gasteiger partial charge on any atom is 0.241 e. The molecule has 1 aromatic rings. The fraction of sp³-hybridized carbons (Fsp3) is 0.579. The van der Waals surface area contributed by atoms with E-state index in [-0.39, 0.29) is 23.1 Å². The molecule has 2 aliphatic carbocycles. The first kappa shape index (κ1) is 14.0. The quantitative estimate of drug-likeness (QED) is 0.745. The van der Waals surface area contributed by atoms with Crippen LogP contribution in [0.1, 0.15) is 45.6 Å². The summed E-state index contributed by atoms with van der Waals surface area (Å²) in [6.07, 6.45) is 3.21. The number of carbonyl (C=O) groups excluding carboxylic acids is 2. The van der Waals surface area contributed by atoms with E-state index in [9.17, 15) is 9.59 Å². The van der Waals surface area contributed by atoms with Crippen molar-refractivity contribution >= 4 is 17.4 Å². The van der Waals surface area contributed by atoms with E-state index in [1.165, 1.54) is 5.56 Å². The van der Waals surface area contributed by atoms with Crippen LogP contribution >= 0.6 is 0 Å². The number of ketones is 1. The lowest BCUT2D eigenvalue weighted by Gasteiger charge is -2.39. The Morgan fingerprint density at radius 3 is 2.59 bits per heavy atom. The van der Waals surface area contributed by atoms with Crippen LogP contribution in [0.4, 0.5) is 5.69 Å². The third kappa shape index (κ3) is 1.42. The summed E-state index contributed by atoms with van der Waals surface area (Å²) in [5, 5.41) is 0. The van der Waals surface area contributed by atoms with Crippen LogP contribution < -0.4 is 4.90 Å². The summed E-state index contributed by atoms with van der Waals surface area (Å²) in [6, 6.07) is 8.26. The Balaban J connectivity index is 1.81. The Morgan fingerprint density at radius 2 is 1.95 bits per heavy atom. The molecule has 2 bridgehead atoms. The molecule has 116 valence electrons. The van der Waals surface area contributed by atoms with Crippen molar-refractivity contribution < 1.29 is 9.59 Å². The minimum absolute atomic E-state index is 0.0555. The normalized spacial score (nSPS) is 35.0. The Labute approximate surface area is 131 Å². The van der Waals surface area contributed by atoms with E-state index in [0.29, 0.717) is 12.3 Å². The number of rotatable bonds is 1. The van der Waals surface area contributed by atoms with Crippen LogP contribution in [-0.4, -0.2) is 17.7 Å². The summed E-state index contributed by atoms with van der Waals surface area (Å²) in [5.41, 5.74) is 1.23. The predicted molar refractivity (Wildman–Crippen MR) is 85.7 cm³/mol. The molecule has 1 amide bonds. The number of hydrogen-bond acceptors (Lipinski definition) is 2. The van der Waals surface area contributed by atoms with E-state index in [4.69, 9.17) is 0 Å². The summed E-state index contributed by atoms with van der Waals surface area (Å²) in [6.45, 7) is 6.34. The molecule has 4 rings (SSSR count). The predicted octanol–water partition coefficient (Wildman–Crippen LogP) is 3.36. The van der Waals surface area contributed by atoms with Crippen molar-refractivity contribution in [3.05, 3.63) is 29.8 Å². The molecule has 3 unspecified atom stereocenters. The molecule has 22 heavy (non-hydrogen) atoms. The van der Waals surface area contributed by atoms with Gasteiger partial charge in [-0.25, -0.2) is 0 Å². The molecule has 1 aliphatic heterocycles. The minimum atomic E-state index is -0.788. The van der Waals surface area contributed by atoms with E-state index in [0.717, 1.165) is 24.9 Å². The molecule has 0 N–H and O–H groups in total. The van der Waals surface area contributed by atoms with Crippen molar-refractivity contribution in [1.82, 2.24) is 0 Å². The third-order valence-electron chi connectivity index (χ3n) is 6.69. The van der Waals surface area contributed by atoms with E-state index in [1.54, 1.807) is 0 Å². The molecule has 3 nitrogen and oxygen atoms in total. The van der Waals surface area contributed by atoms with Gasteiger partial charge in [-0.05, 0) is 49.1 Å². The Kier molecular flexibility index (Phi) is 2.68.